The van der Waals surface area contributed by atoms with E-state index in [1.165, 1.54) is 6.20 Å². The highest BCUT2D eigenvalue weighted by atomic mass is 16.5. The van der Waals surface area contributed by atoms with Gasteiger partial charge < -0.3 is 14.6 Å². The topological polar surface area (TPSA) is 103 Å². The normalized spacial score (nSPS) is 10.6. The van der Waals surface area contributed by atoms with Crippen molar-refractivity contribution in [3.63, 3.8) is 0 Å². The summed E-state index contributed by atoms with van der Waals surface area (Å²) in [6.07, 6.45) is 5.19. The zero-order valence-electron chi connectivity index (χ0n) is 16.3. The SMILES string of the molecule is Cc1ccc(-c2noc(CCC(=O)Nc3cccc(Oc4cnccn4)c3)n2)cc1. The lowest BCUT2D eigenvalue weighted by molar-refractivity contribution is -0.116. The number of ether oxygens (including phenoxy) is 1. The summed E-state index contributed by atoms with van der Waals surface area (Å²) in [6, 6.07) is 14.9. The van der Waals surface area contributed by atoms with Gasteiger partial charge in [0.05, 0.1) is 6.20 Å². The second kappa shape index (κ2) is 8.95. The number of nitrogens with zero attached hydrogens (tertiary/aromatic N) is 4. The number of amides is 1. The van der Waals surface area contributed by atoms with E-state index in [0.717, 1.165) is 11.1 Å². The summed E-state index contributed by atoms with van der Waals surface area (Å²) in [5.74, 6) is 1.69. The Hall–Kier alpha value is -4.07. The number of benzene rings is 2. The van der Waals surface area contributed by atoms with Crippen LogP contribution < -0.4 is 10.1 Å². The third-order valence-electron chi connectivity index (χ3n) is 4.22. The number of aryl methyl sites for hydroxylation is 2. The molecule has 0 atom stereocenters. The van der Waals surface area contributed by atoms with E-state index < -0.39 is 0 Å². The first-order chi connectivity index (χ1) is 14.7. The summed E-state index contributed by atoms with van der Waals surface area (Å²) in [4.78, 5) is 24.7. The lowest BCUT2D eigenvalue weighted by Crippen LogP contribution is -2.12. The zero-order chi connectivity index (χ0) is 20.8. The van der Waals surface area contributed by atoms with Gasteiger partial charge in [-0.05, 0) is 19.1 Å². The first kappa shape index (κ1) is 19.3. The molecule has 0 saturated carbocycles. The van der Waals surface area contributed by atoms with Crippen LogP contribution >= 0.6 is 0 Å². The van der Waals surface area contributed by atoms with Gasteiger partial charge in [0.25, 0.3) is 0 Å². The summed E-state index contributed by atoms with van der Waals surface area (Å²) >= 11 is 0. The monoisotopic (exact) mass is 401 g/mol. The molecule has 2 aromatic heterocycles. The number of carbonyl (C=O) groups is 1. The van der Waals surface area contributed by atoms with E-state index in [9.17, 15) is 4.79 Å². The Morgan fingerprint density at radius 3 is 2.80 bits per heavy atom. The van der Waals surface area contributed by atoms with Crippen LogP contribution in [-0.4, -0.2) is 26.0 Å². The van der Waals surface area contributed by atoms with Crippen LogP contribution in [0.15, 0.2) is 71.6 Å². The van der Waals surface area contributed by atoms with Crippen LogP contribution in [0.25, 0.3) is 11.4 Å². The van der Waals surface area contributed by atoms with Crippen LogP contribution in [0.1, 0.15) is 17.9 Å². The smallest absolute Gasteiger partial charge is 0.237 e. The highest BCUT2D eigenvalue weighted by molar-refractivity contribution is 5.90. The van der Waals surface area contributed by atoms with Gasteiger partial charge in [-0.1, -0.05) is 41.1 Å². The van der Waals surface area contributed by atoms with E-state index in [4.69, 9.17) is 9.26 Å². The molecule has 2 heterocycles. The molecule has 4 rings (SSSR count). The van der Waals surface area contributed by atoms with E-state index in [1.54, 1.807) is 36.7 Å². The van der Waals surface area contributed by atoms with Crippen molar-refractivity contribution in [3.8, 4) is 23.0 Å². The number of rotatable bonds is 7. The third kappa shape index (κ3) is 5.05. The molecular formula is C22H19N5O3. The Morgan fingerprint density at radius 2 is 2.00 bits per heavy atom. The number of nitrogens with one attached hydrogen (secondary N) is 1. The van der Waals surface area contributed by atoms with Crippen molar-refractivity contribution < 1.29 is 14.1 Å². The molecule has 0 unspecified atom stereocenters. The van der Waals surface area contributed by atoms with Gasteiger partial charge in [-0.2, -0.15) is 4.98 Å². The van der Waals surface area contributed by atoms with Crippen molar-refractivity contribution >= 4 is 11.6 Å². The molecule has 150 valence electrons. The molecule has 2 aromatic carbocycles. The van der Waals surface area contributed by atoms with Gasteiger partial charge in [0, 0.05) is 42.6 Å². The van der Waals surface area contributed by atoms with Gasteiger partial charge in [-0.25, -0.2) is 4.98 Å². The molecule has 0 bridgehead atoms. The van der Waals surface area contributed by atoms with Crippen LogP contribution in [0.4, 0.5) is 5.69 Å². The largest absolute Gasteiger partial charge is 0.437 e. The molecular weight excluding hydrogens is 382 g/mol. The predicted octanol–water partition coefficient (Wildman–Crippen LogP) is 4.20. The molecule has 1 amide bonds. The fourth-order valence-electron chi connectivity index (χ4n) is 2.72. The molecule has 30 heavy (non-hydrogen) atoms. The molecule has 0 spiro atoms. The summed E-state index contributed by atoms with van der Waals surface area (Å²) < 4.78 is 10.9. The van der Waals surface area contributed by atoms with Gasteiger partial charge >= 0.3 is 0 Å². The Bertz CT molecular complexity index is 1130. The van der Waals surface area contributed by atoms with Gasteiger partial charge in [0.15, 0.2) is 0 Å². The van der Waals surface area contributed by atoms with Crippen LogP contribution in [0.2, 0.25) is 0 Å². The number of hydrogen-bond acceptors (Lipinski definition) is 7. The third-order valence-corrected chi connectivity index (χ3v) is 4.22. The quantitative estimate of drug-likeness (QED) is 0.495. The second-order valence-corrected chi connectivity index (χ2v) is 6.60. The molecule has 1 N–H and O–H groups in total. The van der Waals surface area contributed by atoms with E-state index >= 15 is 0 Å². The van der Waals surface area contributed by atoms with Crippen LogP contribution in [-0.2, 0) is 11.2 Å². The Balaban J connectivity index is 1.32. The Kier molecular flexibility index (Phi) is 5.75. The number of anilines is 1. The van der Waals surface area contributed by atoms with E-state index in [0.29, 0.717) is 35.5 Å². The summed E-state index contributed by atoms with van der Waals surface area (Å²) in [5, 5.41) is 6.82. The highest BCUT2D eigenvalue weighted by Crippen LogP contribution is 2.22. The van der Waals surface area contributed by atoms with Gasteiger partial charge in [0.1, 0.15) is 5.75 Å². The lowest BCUT2D eigenvalue weighted by atomic mass is 10.1. The van der Waals surface area contributed by atoms with Crippen molar-refractivity contribution in [2.24, 2.45) is 0 Å². The first-order valence-corrected chi connectivity index (χ1v) is 9.39. The fraction of sp³-hybridized carbons (Fsp3) is 0.136. The van der Waals surface area contributed by atoms with Crippen molar-refractivity contribution in [2.75, 3.05) is 5.32 Å². The van der Waals surface area contributed by atoms with Crippen molar-refractivity contribution in [1.82, 2.24) is 20.1 Å². The molecule has 8 heteroatoms. The Labute approximate surface area is 173 Å². The van der Waals surface area contributed by atoms with Gasteiger partial charge in [-0.3, -0.25) is 9.78 Å². The lowest BCUT2D eigenvalue weighted by Gasteiger charge is -2.07. The standard InChI is InChI=1S/C22H19N5O3/c1-15-5-7-16(8-6-15)22-26-20(30-27-22)10-9-19(28)25-17-3-2-4-18(13-17)29-21-14-23-11-12-24-21/h2-8,11-14H,9-10H2,1H3,(H,25,28). The average Bonchev–Trinajstić information content (AvgIpc) is 3.23. The summed E-state index contributed by atoms with van der Waals surface area (Å²) in [7, 11) is 0. The molecule has 0 aliphatic carbocycles. The maximum absolute atomic E-state index is 12.3. The minimum atomic E-state index is -0.165. The number of hydrogen-bond donors (Lipinski definition) is 1. The van der Waals surface area contributed by atoms with Crippen LogP contribution in [0.5, 0.6) is 11.6 Å². The molecule has 8 nitrogen and oxygen atoms in total. The molecule has 0 aliphatic rings. The molecule has 0 radical (unpaired) electrons. The predicted molar refractivity (Wildman–Crippen MR) is 110 cm³/mol. The van der Waals surface area contributed by atoms with Crippen molar-refractivity contribution in [1.29, 1.82) is 0 Å². The highest BCUT2D eigenvalue weighted by Gasteiger charge is 2.11. The molecule has 4 aromatic rings. The number of carbonyl (C=O) groups excluding carboxylic acids is 1. The van der Waals surface area contributed by atoms with Crippen LogP contribution in [0, 0.1) is 6.92 Å². The van der Waals surface area contributed by atoms with Gasteiger partial charge in [-0.15, -0.1) is 0 Å². The number of aromatic nitrogens is 4. The summed E-state index contributed by atoms with van der Waals surface area (Å²) in [5.41, 5.74) is 2.65. The average molecular weight is 401 g/mol. The summed E-state index contributed by atoms with van der Waals surface area (Å²) in [6.45, 7) is 2.02. The minimum absolute atomic E-state index is 0.165. The van der Waals surface area contributed by atoms with Crippen molar-refractivity contribution in [3.05, 3.63) is 78.6 Å². The van der Waals surface area contributed by atoms with E-state index in [1.807, 2.05) is 31.2 Å². The maximum atomic E-state index is 12.3. The van der Waals surface area contributed by atoms with Gasteiger partial charge in [0.2, 0.25) is 23.5 Å². The van der Waals surface area contributed by atoms with Crippen LogP contribution in [0.3, 0.4) is 0 Å². The molecule has 0 aliphatic heterocycles. The first-order valence-electron chi connectivity index (χ1n) is 9.39. The molecule has 0 saturated heterocycles. The van der Waals surface area contributed by atoms with E-state index in [2.05, 4.69) is 25.4 Å². The fourth-order valence-corrected chi connectivity index (χ4v) is 2.72. The maximum Gasteiger partial charge on any atom is 0.237 e. The zero-order valence-corrected chi connectivity index (χ0v) is 16.3. The minimum Gasteiger partial charge on any atom is -0.437 e. The second-order valence-electron chi connectivity index (χ2n) is 6.60. The van der Waals surface area contributed by atoms with E-state index in [-0.39, 0.29) is 12.3 Å². The van der Waals surface area contributed by atoms with Crippen molar-refractivity contribution in [2.45, 2.75) is 19.8 Å². The molecule has 0 fully saturated rings. The Morgan fingerprint density at radius 1 is 1.13 bits per heavy atom.